The van der Waals surface area contributed by atoms with Crippen molar-refractivity contribution in [1.29, 1.82) is 0 Å². The van der Waals surface area contributed by atoms with Gasteiger partial charge in [-0.2, -0.15) is 0 Å². The number of Topliss-reactive ketones (excluding diaryl/α,β-unsaturated/α-hetero) is 1. The summed E-state index contributed by atoms with van der Waals surface area (Å²) >= 11 is 4.84. The summed E-state index contributed by atoms with van der Waals surface area (Å²) in [5.41, 5.74) is -0.728. The summed E-state index contributed by atoms with van der Waals surface area (Å²) in [7, 11) is 0. The monoisotopic (exact) mass is 234 g/mol. The van der Waals surface area contributed by atoms with Crippen LogP contribution >= 0.6 is 11.9 Å². The Hall–Kier alpha value is -1.10. The van der Waals surface area contributed by atoms with Crippen molar-refractivity contribution in [2.24, 2.45) is 17.3 Å². The van der Waals surface area contributed by atoms with E-state index in [4.69, 9.17) is 17.0 Å². The van der Waals surface area contributed by atoms with E-state index >= 15 is 0 Å². The third kappa shape index (κ3) is 1.84. The highest BCUT2D eigenvalue weighted by Gasteiger charge is 2.60. The second kappa shape index (κ2) is 3.81. The standard InChI is InChI=1S/C9H11ClO5/c1-9(2)4(3-5(11)15-10)7(12)6(9)8(13)14/h4,6H,3H2,1-2H3,(H,13,14). The van der Waals surface area contributed by atoms with Crippen molar-refractivity contribution in [3.8, 4) is 0 Å². The third-order valence-corrected chi connectivity index (χ3v) is 3.15. The van der Waals surface area contributed by atoms with Gasteiger partial charge in [-0.25, -0.2) is 0 Å². The molecule has 1 saturated carbocycles. The van der Waals surface area contributed by atoms with Crippen LogP contribution in [0.3, 0.4) is 0 Å². The maximum Gasteiger partial charge on any atom is 0.325 e. The topological polar surface area (TPSA) is 80.7 Å². The minimum Gasteiger partial charge on any atom is -0.481 e. The van der Waals surface area contributed by atoms with Gasteiger partial charge in [0, 0.05) is 5.92 Å². The number of halogens is 1. The van der Waals surface area contributed by atoms with Crippen LogP contribution in [0.5, 0.6) is 0 Å². The number of hydrogen-bond acceptors (Lipinski definition) is 4. The average molecular weight is 235 g/mol. The molecular formula is C9H11ClO5. The van der Waals surface area contributed by atoms with E-state index in [0.29, 0.717) is 0 Å². The Morgan fingerprint density at radius 1 is 1.53 bits per heavy atom. The van der Waals surface area contributed by atoms with Gasteiger partial charge in [-0.05, 0) is 5.41 Å². The van der Waals surface area contributed by atoms with Gasteiger partial charge >= 0.3 is 11.9 Å². The highest BCUT2D eigenvalue weighted by molar-refractivity contribution is 6.14. The van der Waals surface area contributed by atoms with E-state index in [0.717, 1.165) is 0 Å². The van der Waals surface area contributed by atoms with Crippen molar-refractivity contribution in [1.82, 2.24) is 0 Å². The number of aliphatic carboxylic acids is 1. The summed E-state index contributed by atoms with van der Waals surface area (Å²) in [6.07, 6.45) is -0.168. The minimum atomic E-state index is -1.15. The maximum atomic E-state index is 11.4. The zero-order valence-electron chi connectivity index (χ0n) is 8.32. The highest BCUT2D eigenvalue weighted by atomic mass is 35.5. The second-order valence-electron chi connectivity index (χ2n) is 4.20. The van der Waals surface area contributed by atoms with Crippen molar-refractivity contribution in [2.75, 3.05) is 0 Å². The van der Waals surface area contributed by atoms with Gasteiger partial charge in [0.1, 0.15) is 17.8 Å². The smallest absolute Gasteiger partial charge is 0.325 e. The normalized spacial score (nSPS) is 28.1. The number of ketones is 1. The van der Waals surface area contributed by atoms with E-state index < -0.39 is 35.0 Å². The Morgan fingerprint density at radius 2 is 2.07 bits per heavy atom. The van der Waals surface area contributed by atoms with Crippen molar-refractivity contribution in [3.63, 3.8) is 0 Å². The van der Waals surface area contributed by atoms with E-state index in [-0.39, 0.29) is 6.42 Å². The molecule has 2 atom stereocenters. The molecular weight excluding hydrogens is 224 g/mol. The molecule has 0 aromatic rings. The molecule has 1 rings (SSSR count). The lowest BCUT2D eigenvalue weighted by Gasteiger charge is -2.47. The van der Waals surface area contributed by atoms with Crippen LogP contribution in [0.2, 0.25) is 0 Å². The zero-order valence-corrected chi connectivity index (χ0v) is 9.08. The van der Waals surface area contributed by atoms with Crippen LogP contribution in [-0.2, 0) is 18.7 Å². The van der Waals surface area contributed by atoms with Crippen LogP contribution < -0.4 is 0 Å². The molecule has 0 saturated heterocycles. The molecule has 0 aromatic heterocycles. The molecule has 0 bridgehead atoms. The molecule has 0 radical (unpaired) electrons. The van der Waals surface area contributed by atoms with Gasteiger partial charge in [-0.15, -0.1) is 0 Å². The Balaban J connectivity index is 2.76. The lowest BCUT2D eigenvalue weighted by Crippen LogP contribution is -2.58. The van der Waals surface area contributed by atoms with Crippen molar-refractivity contribution in [2.45, 2.75) is 20.3 Å². The number of carbonyl (C=O) groups is 3. The van der Waals surface area contributed by atoms with Gasteiger partial charge in [0.15, 0.2) is 5.78 Å². The fraction of sp³-hybridized carbons (Fsp3) is 0.667. The van der Waals surface area contributed by atoms with Gasteiger partial charge in [0.05, 0.1) is 6.42 Å². The van der Waals surface area contributed by atoms with Gasteiger partial charge in [-0.1, -0.05) is 13.8 Å². The van der Waals surface area contributed by atoms with Crippen LogP contribution in [0.25, 0.3) is 0 Å². The number of carbonyl (C=O) groups excluding carboxylic acids is 2. The lowest BCUT2D eigenvalue weighted by atomic mass is 9.53. The predicted octanol–water partition coefficient (Wildman–Crippen LogP) is 0.999. The first-order valence-electron chi connectivity index (χ1n) is 4.40. The lowest BCUT2D eigenvalue weighted by molar-refractivity contribution is -0.172. The van der Waals surface area contributed by atoms with E-state index in [9.17, 15) is 14.4 Å². The molecule has 0 aliphatic heterocycles. The van der Waals surface area contributed by atoms with Gasteiger partial charge in [0.25, 0.3) is 0 Å². The van der Waals surface area contributed by atoms with Crippen molar-refractivity contribution >= 4 is 29.6 Å². The first kappa shape index (κ1) is 12.0. The number of carboxylic acid groups (broad SMARTS) is 1. The van der Waals surface area contributed by atoms with E-state index in [1.54, 1.807) is 13.8 Å². The molecule has 6 heteroatoms. The maximum absolute atomic E-state index is 11.4. The molecule has 1 N–H and O–H groups in total. The molecule has 1 aliphatic carbocycles. The molecule has 2 unspecified atom stereocenters. The minimum absolute atomic E-state index is 0.168. The quantitative estimate of drug-likeness (QED) is 0.737. The number of rotatable bonds is 3. The highest BCUT2D eigenvalue weighted by Crippen LogP contribution is 2.50. The predicted molar refractivity (Wildman–Crippen MR) is 50.0 cm³/mol. The summed E-state index contributed by atoms with van der Waals surface area (Å²) in [5.74, 6) is -3.96. The summed E-state index contributed by atoms with van der Waals surface area (Å²) in [6.45, 7) is 3.28. The van der Waals surface area contributed by atoms with Gasteiger partial charge in [-0.3, -0.25) is 14.4 Å². The summed E-state index contributed by atoms with van der Waals surface area (Å²) < 4.78 is 3.93. The van der Waals surface area contributed by atoms with Crippen molar-refractivity contribution in [3.05, 3.63) is 0 Å². The van der Waals surface area contributed by atoms with Crippen LogP contribution in [0.15, 0.2) is 0 Å². The van der Waals surface area contributed by atoms with Gasteiger partial charge < -0.3 is 9.40 Å². The Kier molecular flexibility index (Phi) is 3.04. The second-order valence-corrected chi connectivity index (χ2v) is 4.36. The van der Waals surface area contributed by atoms with Gasteiger partial charge in [0.2, 0.25) is 0 Å². The first-order valence-corrected chi connectivity index (χ1v) is 4.71. The SMILES string of the molecule is CC1(C)C(CC(=O)OCl)C(=O)C1C(=O)O. The molecule has 1 aliphatic rings. The van der Waals surface area contributed by atoms with Crippen LogP contribution in [0.1, 0.15) is 20.3 Å². The number of carboxylic acids is 1. The van der Waals surface area contributed by atoms with Crippen LogP contribution in [0.4, 0.5) is 0 Å². The average Bonchev–Trinajstić information content (AvgIpc) is 2.12. The van der Waals surface area contributed by atoms with E-state index in [2.05, 4.69) is 4.29 Å². The fourth-order valence-corrected chi connectivity index (χ4v) is 2.10. The first-order chi connectivity index (χ1) is 6.82. The molecule has 0 amide bonds. The summed E-state index contributed by atoms with van der Waals surface area (Å²) in [6, 6.07) is 0. The summed E-state index contributed by atoms with van der Waals surface area (Å²) in [5, 5.41) is 8.79. The van der Waals surface area contributed by atoms with E-state index in [1.165, 1.54) is 0 Å². The van der Waals surface area contributed by atoms with Crippen molar-refractivity contribution < 1.29 is 23.8 Å². The largest absolute Gasteiger partial charge is 0.481 e. The van der Waals surface area contributed by atoms with Crippen LogP contribution in [-0.4, -0.2) is 22.8 Å². The molecule has 0 aromatic carbocycles. The fourth-order valence-electron chi connectivity index (χ4n) is 2.04. The Bertz CT molecular complexity index is 322. The molecule has 84 valence electrons. The molecule has 0 heterocycles. The van der Waals surface area contributed by atoms with Crippen LogP contribution in [0, 0.1) is 17.3 Å². The van der Waals surface area contributed by atoms with E-state index in [1.807, 2.05) is 0 Å². The zero-order chi connectivity index (χ0) is 11.8. The molecule has 1 fully saturated rings. The third-order valence-electron chi connectivity index (χ3n) is 2.97. The Morgan fingerprint density at radius 3 is 2.40 bits per heavy atom. The summed E-state index contributed by atoms with van der Waals surface area (Å²) in [4.78, 5) is 33.1. The molecule has 0 spiro atoms. The Labute approximate surface area is 91.5 Å². The number of hydrogen-bond donors (Lipinski definition) is 1. The molecule has 15 heavy (non-hydrogen) atoms. The molecule has 5 nitrogen and oxygen atoms in total.